The second kappa shape index (κ2) is 8.51. The number of aromatic nitrogens is 3. The number of anilines is 1. The quantitative estimate of drug-likeness (QED) is 0.513. The van der Waals surface area contributed by atoms with Gasteiger partial charge in [0.1, 0.15) is 11.6 Å². The molecule has 1 aliphatic heterocycles. The Kier molecular flexibility index (Phi) is 5.60. The molecule has 30 heavy (non-hydrogen) atoms. The highest BCUT2D eigenvalue weighted by Gasteiger charge is 2.31. The fourth-order valence-electron chi connectivity index (χ4n) is 3.71. The Bertz CT molecular complexity index is 1030. The Hall–Kier alpha value is -2.19. The largest absolute Gasteiger partial charge is 0.467 e. The number of rotatable bonds is 6. The third-order valence-electron chi connectivity index (χ3n) is 5.45. The van der Waals surface area contributed by atoms with Crippen LogP contribution in [0, 0.1) is 0 Å². The lowest BCUT2D eigenvalue weighted by Crippen LogP contribution is -2.33. The zero-order valence-corrected chi connectivity index (χ0v) is 18.5. The predicted octanol–water partition coefficient (Wildman–Crippen LogP) is 4.81. The van der Waals surface area contributed by atoms with E-state index in [9.17, 15) is 4.79 Å². The summed E-state index contributed by atoms with van der Waals surface area (Å²) in [6, 6.07) is 12.1. The van der Waals surface area contributed by atoms with Crippen molar-refractivity contribution >= 4 is 35.1 Å². The summed E-state index contributed by atoms with van der Waals surface area (Å²) in [5.74, 6) is 2.81. The molecule has 1 aliphatic carbocycles. The number of amides is 1. The summed E-state index contributed by atoms with van der Waals surface area (Å²) in [6.45, 7) is 3.57. The number of benzene rings is 1. The van der Waals surface area contributed by atoms with E-state index in [0.29, 0.717) is 23.5 Å². The summed E-state index contributed by atoms with van der Waals surface area (Å²) in [5.41, 5.74) is 1.02. The zero-order chi connectivity index (χ0) is 20.5. The molecule has 1 saturated carbocycles. The second-order valence-electron chi connectivity index (χ2n) is 7.80. The Morgan fingerprint density at radius 3 is 2.87 bits per heavy atom. The molecular weight excluding hydrogens is 416 g/mol. The van der Waals surface area contributed by atoms with Crippen molar-refractivity contribution in [1.82, 2.24) is 14.8 Å². The number of thioether (sulfide) groups is 2. The van der Waals surface area contributed by atoms with Crippen molar-refractivity contribution < 1.29 is 9.21 Å². The molecule has 5 rings (SSSR count). The molecular formula is C22H24N4O2S2. The summed E-state index contributed by atoms with van der Waals surface area (Å²) in [7, 11) is 0. The van der Waals surface area contributed by atoms with Crippen molar-refractivity contribution in [2.45, 2.75) is 54.0 Å². The molecule has 1 unspecified atom stereocenters. The first-order valence-corrected chi connectivity index (χ1v) is 12.2. The molecule has 3 aromatic rings. The molecule has 0 bridgehead atoms. The first kappa shape index (κ1) is 19.8. The SMILES string of the molecule is CC1CCN(C(=O)CSc2nnc(C3CC3)n2Cc2ccco2)c2ccccc2S1. The van der Waals surface area contributed by atoms with Gasteiger partial charge in [-0.1, -0.05) is 30.8 Å². The van der Waals surface area contributed by atoms with Crippen LogP contribution in [-0.2, 0) is 11.3 Å². The van der Waals surface area contributed by atoms with E-state index in [1.54, 1.807) is 6.26 Å². The van der Waals surface area contributed by atoms with Gasteiger partial charge in [0.25, 0.3) is 0 Å². The number of nitrogens with zero attached hydrogens (tertiary/aromatic N) is 4. The molecule has 0 spiro atoms. The molecule has 0 saturated heterocycles. The maximum atomic E-state index is 13.2. The third-order valence-corrected chi connectivity index (χ3v) is 7.64. The van der Waals surface area contributed by atoms with Crippen LogP contribution >= 0.6 is 23.5 Å². The Labute approximate surface area is 184 Å². The van der Waals surface area contributed by atoms with Crippen LogP contribution in [-0.4, -0.2) is 38.2 Å². The first-order chi connectivity index (χ1) is 14.7. The molecule has 3 heterocycles. The number of hydrogen-bond acceptors (Lipinski definition) is 6. The maximum Gasteiger partial charge on any atom is 0.237 e. The van der Waals surface area contributed by atoms with Gasteiger partial charge in [0.2, 0.25) is 5.91 Å². The van der Waals surface area contributed by atoms with Crippen LogP contribution in [0.2, 0.25) is 0 Å². The third kappa shape index (κ3) is 4.16. The van der Waals surface area contributed by atoms with E-state index < -0.39 is 0 Å². The van der Waals surface area contributed by atoms with Crippen molar-refractivity contribution in [3.8, 4) is 0 Å². The topological polar surface area (TPSA) is 64.2 Å². The number of para-hydroxylation sites is 1. The maximum absolute atomic E-state index is 13.2. The molecule has 2 aromatic heterocycles. The smallest absolute Gasteiger partial charge is 0.237 e. The monoisotopic (exact) mass is 440 g/mol. The molecule has 8 heteroatoms. The van der Waals surface area contributed by atoms with Crippen LogP contribution in [0.1, 0.15) is 43.7 Å². The van der Waals surface area contributed by atoms with E-state index >= 15 is 0 Å². The van der Waals surface area contributed by atoms with Crippen LogP contribution in [0.3, 0.4) is 0 Å². The number of hydrogen-bond donors (Lipinski definition) is 0. The Morgan fingerprint density at radius 2 is 2.07 bits per heavy atom. The molecule has 2 aliphatic rings. The number of carbonyl (C=O) groups is 1. The van der Waals surface area contributed by atoms with E-state index in [4.69, 9.17) is 4.42 Å². The van der Waals surface area contributed by atoms with Crippen molar-refractivity contribution in [1.29, 1.82) is 0 Å². The Morgan fingerprint density at radius 1 is 1.20 bits per heavy atom. The lowest BCUT2D eigenvalue weighted by molar-refractivity contribution is -0.116. The number of carbonyl (C=O) groups excluding carboxylic acids is 1. The molecule has 1 fully saturated rings. The van der Waals surface area contributed by atoms with Crippen molar-refractivity contribution in [2.24, 2.45) is 0 Å². The summed E-state index contributed by atoms with van der Waals surface area (Å²) in [4.78, 5) is 16.3. The average molecular weight is 441 g/mol. The van der Waals surface area contributed by atoms with Crippen LogP contribution in [0.25, 0.3) is 0 Å². The standard InChI is InChI=1S/C22H24N4O2S2/c1-15-10-11-25(18-6-2-3-7-19(18)30-15)20(27)14-29-22-24-23-21(16-8-9-16)26(22)13-17-5-4-12-28-17/h2-7,12,15-16H,8-11,13-14H2,1H3. The van der Waals surface area contributed by atoms with Gasteiger partial charge < -0.3 is 9.32 Å². The highest BCUT2D eigenvalue weighted by Crippen LogP contribution is 2.41. The minimum atomic E-state index is 0.114. The van der Waals surface area contributed by atoms with Gasteiger partial charge in [-0.2, -0.15) is 0 Å². The molecule has 0 radical (unpaired) electrons. The van der Waals surface area contributed by atoms with Crippen LogP contribution < -0.4 is 4.90 Å². The number of fused-ring (bicyclic) bond motifs is 1. The highest BCUT2D eigenvalue weighted by molar-refractivity contribution is 8.00. The van der Waals surface area contributed by atoms with Gasteiger partial charge in [0.05, 0.1) is 24.2 Å². The van der Waals surface area contributed by atoms with Crippen molar-refractivity contribution in [3.63, 3.8) is 0 Å². The molecule has 1 atom stereocenters. The summed E-state index contributed by atoms with van der Waals surface area (Å²) in [5, 5.41) is 10.1. The van der Waals surface area contributed by atoms with E-state index in [1.165, 1.54) is 16.7 Å². The minimum Gasteiger partial charge on any atom is -0.467 e. The highest BCUT2D eigenvalue weighted by atomic mass is 32.2. The van der Waals surface area contributed by atoms with Gasteiger partial charge in [0, 0.05) is 22.6 Å². The minimum absolute atomic E-state index is 0.114. The summed E-state index contributed by atoms with van der Waals surface area (Å²) >= 11 is 3.32. The van der Waals surface area contributed by atoms with Gasteiger partial charge in [-0.05, 0) is 43.5 Å². The average Bonchev–Trinajstić information content (AvgIpc) is 3.36. The second-order valence-corrected chi connectivity index (χ2v) is 10.2. The zero-order valence-electron chi connectivity index (χ0n) is 16.9. The molecule has 156 valence electrons. The summed E-state index contributed by atoms with van der Waals surface area (Å²) in [6.07, 6.45) is 4.97. The van der Waals surface area contributed by atoms with Crippen LogP contribution in [0.4, 0.5) is 5.69 Å². The summed E-state index contributed by atoms with van der Waals surface area (Å²) < 4.78 is 7.65. The van der Waals surface area contributed by atoms with E-state index in [0.717, 1.165) is 48.2 Å². The van der Waals surface area contributed by atoms with Gasteiger partial charge in [0.15, 0.2) is 5.16 Å². The van der Waals surface area contributed by atoms with Gasteiger partial charge in [-0.25, -0.2) is 0 Å². The van der Waals surface area contributed by atoms with E-state index in [-0.39, 0.29) is 5.91 Å². The fraction of sp³-hybridized carbons (Fsp3) is 0.409. The predicted molar refractivity (Wildman–Crippen MR) is 119 cm³/mol. The fourth-order valence-corrected chi connectivity index (χ4v) is 5.64. The molecule has 6 nitrogen and oxygen atoms in total. The van der Waals surface area contributed by atoms with Crippen molar-refractivity contribution in [3.05, 3.63) is 54.2 Å². The van der Waals surface area contributed by atoms with Gasteiger partial charge in [-0.15, -0.1) is 22.0 Å². The van der Waals surface area contributed by atoms with E-state index in [2.05, 4.69) is 27.8 Å². The normalized spacial score (nSPS) is 18.8. The Balaban J connectivity index is 1.33. The first-order valence-electron chi connectivity index (χ1n) is 10.3. The van der Waals surface area contributed by atoms with Crippen LogP contribution in [0.5, 0.6) is 0 Å². The molecule has 1 aromatic carbocycles. The van der Waals surface area contributed by atoms with Gasteiger partial charge in [-0.3, -0.25) is 9.36 Å². The number of furan rings is 1. The lowest BCUT2D eigenvalue weighted by Gasteiger charge is -2.22. The van der Waals surface area contributed by atoms with Crippen LogP contribution in [0.15, 0.2) is 57.1 Å². The lowest BCUT2D eigenvalue weighted by atomic mass is 10.2. The molecule has 0 N–H and O–H groups in total. The van der Waals surface area contributed by atoms with Gasteiger partial charge >= 0.3 is 0 Å². The van der Waals surface area contributed by atoms with E-state index in [1.807, 2.05) is 47.0 Å². The van der Waals surface area contributed by atoms with Crippen molar-refractivity contribution in [2.75, 3.05) is 17.2 Å². The molecule has 1 amide bonds.